The van der Waals surface area contributed by atoms with Crippen LogP contribution >= 0.6 is 0 Å². The van der Waals surface area contributed by atoms with E-state index in [0.29, 0.717) is 49.4 Å². The third-order valence-electron chi connectivity index (χ3n) is 6.29. The van der Waals surface area contributed by atoms with Gasteiger partial charge >= 0.3 is 23.8 Å². The Labute approximate surface area is 233 Å². The van der Waals surface area contributed by atoms with E-state index in [9.17, 15) is 22.8 Å². The monoisotopic (exact) mass is 577 g/mol. The van der Waals surface area contributed by atoms with Crippen LogP contribution in [0.15, 0.2) is 34.9 Å². The van der Waals surface area contributed by atoms with Crippen molar-refractivity contribution < 1.29 is 41.4 Å². The van der Waals surface area contributed by atoms with Crippen molar-refractivity contribution in [2.45, 2.75) is 58.2 Å². The predicted molar refractivity (Wildman–Crippen MR) is 139 cm³/mol. The topological polar surface area (TPSA) is 138 Å². The normalized spacial score (nSPS) is 19.0. The number of rotatable bonds is 9. The minimum absolute atomic E-state index is 0.168. The molecule has 220 valence electrons. The van der Waals surface area contributed by atoms with Gasteiger partial charge in [0, 0.05) is 25.3 Å². The summed E-state index contributed by atoms with van der Waals surface area (Å²) in [6, 6.07) is 3.66. The maximum atomic E-state index is 13.8. The third kappa shape index (κ3) is 7.51. The Morgan fingerprint density at radius 1 is 1.07 bits per heavy atom. The lowest BCUT2D eigenvalue weighted by Gasteiger charge is -2.39. The molecule has 0 spiro atoms. The Morgan fingerprint density at radius 2 is 1.78 bits per heavy atom. The van der Waals surface area contributed by atoms with Crippen molar-refractivity contribution in [2.75, 3.05) is 24.4 Å². The average Bonchev–Trinajstić information content (AvgIpc) is 3.37. The molecular weight excluding hydrogens is 547 g/mol. The zero-order valence-corrected chi connectivity index (χ0v) is 22.9. The lowest BCUT2D eigenvalue weighted by Crippen LogP contribution is -2.45. The number of ether oxygens (including phenoxy) is 3. The summed E-state index contributed by atoms with van der Waals surface area (Å²) >= 11 is 0. The highest BCUT2D eigenvalue weighted by Gasteiger charge is 2.45. The quantitative estimate of drug-likeness (QED) is 0.259. The summed E-state index contributed by atoms with van der Waals surface area (Å²) in [7, 11) is 1.56. The molecule has 2 aromatic heterocycles. The highest BCUT2D eigenvalue weighted by atomic mass is 19.2. The first kappa shape index (κ1) is 29.8. The minimum atomic E-state index is -1.36. The molecule has 0 unspecified atom stereocenters. The lowest BCUT2D eigenvalue weighted by molar-refractivity contribution is -0.175. The van der Waals surface area contributed by atoms with Crippen molar-refractivity contribution in [3.8, 4) is 5.88 Å². The Kier molecular flexibility index (Phi) is 8.80. The molecule has 3 aromatic rings. The van der Waals surface area contributed by atoms with Crippen LogP contribution in [-0.4, -0.2) is 52.5 Å². The maximum Gasteiger partial charge on any atom is 0.320 e. The number of hydrogen-bond donors (Lipinski definition) is 2. The fourth-order valence-electron chi connectivity index (χ4n) is 4.31. The molecule has 0 radical (unpaired) electrons. The van der Waals surface area contributed by atoms with E-state index >= 15 is 0 Å². The van der Waals surface area contributed by atoms with Gasteiger partial charge in [0.2, 0.25) is 5.88 Å². The number of hydrogen-bond acceptors (Lipinski definition) is 10. The van der Waals surface area contributed by atoms with Gasteiger partial charge in [0.05, 0.1) is 29.6 Å². The van der Waals surface area contributed by atoms with Gasteiger partial charge in [-0.05, 0) is 52.5 Å². The Balaban J connectivity index is 1.30. The number of nitrogens with one attached hydrogen (secondary N) is 2. The third-order valence-corrected chi connectivity index (χ3v) is 6.29. The van der Waals surface area contributed by atoms with Crippen molar-refractivity contribution in [2.24, 2.45) is 5.41 Å². The van der Waals surface area contributed by atoms with Crippen LogP contribution in [0, 0.1) is 22.9 Å². The van der Waals surface area contributed by atoms with Crippen molar-refractivity contribution in [3.05, 3.63) is 53.8 Å². The fourth-order valence-corrected chi connectivity index (χ4v) is 4.31. The summed E-state index contributed by atoms with van der Waals surface area (Å²) in [5.74, 6) is -4.92. The highest BCUT2D eigenvalue weighted by Crippen LogP contribution is 2.40. The molecule has 0 aliphatic heterocycles. The number of carbonyl (C=O) groups is 2. The molecule has 1 aliphatic carbocycles. The van der Waals surface area contributed by atoms with Crippen molar-refractivity contribution in [1.82, 2.24) is 15.2 Å². The number of methoxy groups -OCH3 is 1. The molecule has 11 nitrogen and oxygen atoms in total. The van der Waals surface area contributed by atoms with Gasteiger partial charge in [0.15, 0.2) is 11.6 Å². The largest absolute Gasteiger partial charge is 0.474 e. The molecule has 0 saturated heterocycles. The van der Waals surface area contributed by atoms with E-state index < -0.39 is 52.0 Å². The molecule has 1 saturated carbocycles. The van der Waals surface area contributed by atoms with E-state index in [-0.39, 0.29) is 18.7 Å². The van der Waals surface area contributed by atoms with Gasteiger partial charge in [-0.1, -0.05) is 5.10 Å². The minimum Gasteiger partial charge on any atom is -0.474 e. The van der Waals surface area contributed by atoms with E-state index in [1.54, 1.807) is 19.2 Å². The molecular formula is C27H30F3N5O6. The Bertz CT molecular complexity index is 1390. The summed E-state index contributed by atoms with van der Waals surface area (Å²) in [6.07, 6.45) is 3.49. The van der Waals surface area contributed by atoms with E-state index in [1.807, 2.05) is 20.8 Å². The number of carbonyl (C=O) groups excluding carboxylic acids is 2. The molecule has 0 atom stereocenters. The molecule has 2 N–H and O–H groups in total. The van der Waals surface area contributed by atoms with Gasteiger partial charge in [-0.15, -0.1) is 5.10 Å². The second-order valence-electron chi connectivity index (χ2n) is 10.7. The Hall–Kier alpha value is -4.20. The molecule has 0 bridgehead atoms. The average molecular weight is 578 g/mol. The first-order chi connectivity index (χ1) is 19.4. The highest BCUT2D eigenvalue weighted by molar-refractivity contribution is 6.00. The number of anilines is 3. The molecule has 14 heteroatoms. The molecule has 2 heterocycles. The summed E-state index contributed by atoms with van der Waals surface area (Å²) < 4.78 is 62.4. The summed E-state index contributed by atoms with van der Waals surface area (Å²) in [5.41, 5.74) is -1.48. The summed E-state index contributed by atoms with van der Waals surface area (Å²) in [5, 5.41) is 11.9. The van der Waals surface area contributed by atoms with E-state index in [4.69, 9.17) is 18.6 Å². The zero-order valence-electron chi connectivity index (χ0n) is 22.9. The van der Waals surface area contributed by atoms with Gasteiger partial charge < -0.3 is 29.3 Å². The van der Waals surface area contributed by atoms with Gasteiger partial charge in [0.25, 0.3) is 0 Å². The van der Waals surface area contributed by atoms with Gasteiger partial charge in [-0.2, -0.15) is 0 Å². The fraction of sp³-hybridized carbons (Fsp3) is 0.444. The van der Waals surface area contributed by atoms with Crippen LogP contribution in [-0.2, 0) is 14.3 Å². The van der Waals surface area contributed by atoms with Crippen LogP contribution < -0.4 is 15.4 Å². The number of esters is 1. The number of benzene rings is 1. The molecule has 41 heavy (non-hydrogen) atoms. The Morgan fingerprint density at radius 3 is 2.41 bits per heavy atom. The first-order valence-electron chi connectivity index (χ1n) is 12.8. The number of nitrogens with zero attached hydrogens (tertiary/aromatic N) is 3. The van der Waals surface area contributed by atoms with Crippen molar-refractivity contribution >= 4 is 29.3 Å². The van der Waals surface area contributed by atoms with Crippen LogP contribution in [0.2, 0.25) is 0 Å². The molecule has 1 amide bonds. The number of amides is 1. The number of aromatic nitrogens is 3. The molecule has 1 aliphatic rings. The smallest absolute Gasteiger partial charge is 0.320 e. The molecule has 4 rings (SSSR count). The summed E-state index contributed by atoms with van der Waals surface area (Å²) in [6.45, 7) is 5.75. The zero-order chi connectivity index (χ0) is 29.8. The van der Waals surface area contributed by atoms with Gasteiger partial charge in [-0.3, -0.25) is 9.59 Å². The molecule has 1 aromatic carbocycles. The van der Waals surface area contributed by atoms with Crippen LogP contribution in [0.25, 0.3) is 0 Å². The van der Waals surface area contributed by atoms with E-state index in [0.717, 1.165) is 0 Å². The van der Waals surface area contributed by atoms with Crippen LogP contribution in [0.1, 0.15) is 57.1 Å². The van der Waals surface area contributed by atoms with Crippen molar-refractivity contribution in [1.29, 1.82) is 0 Å². The number of halogens is 3. The first-order valence-corrected chi connectivity index (χ1v) is 12.8. The van der Waals surface area contributed by atoms with Crippen LogP contribution in [0.3, 0.4) is 0 Å². The second kappa shape index (κ2) is 12.1. The van der Waals surface area contributed by atoms with Gasteiger partial charge in [0.1, 0.15) is 17.5 Å². The van der Waals surface area contributed by atoms with Gasteiger partial charge in [-0.25, -0.2) is 18.2 Å². The lowest BCUT2D eigenvalue weighted by atomic mass is 9.73. The van der Waals surface area contributed by atoms with E-state index in [2.05, 4.69) is 25.8 Å². The standard InChI is InChI=1S/C27H30F3N5O6/c1-26(2,3)41-24(37)27(14-38-4)9-7-16(8-10-27)39-21-6-5-15(13-31-21)32-22(36)23-34-35-25(40-23)33-20-12-18(29)17(28)11-19(20)30/h5-6,11-13,16H,7-10,14H2,1-4H3,(H,32,36)(H,33,35)/t16-,27-. The van der Waals surface area contributed by atoms with E-state index in [1.165, 1.54) is 6.20 Å². The second-order valence-corrected chi connectivity index (χ2v) is 10.7. The van der Waals surface area contributed by atoms with Crippen molar-refractivity contribution in [3.63, 3.8) is 0 Å². The summed E-state index contributed by atoms with van der Waals surface area (Å²) in [4.78, 5) is 29.6. The number of pyridine rings is 1. The van der Waals surface area contributed by atoms with Crippen LogP contribution in [0.4, 0.5) is 30.6 Å². The van der Waals surface area contributed by atoms with Crippen LogP contribution in [0.5, 0.6) is 5.88 Å². The maximum absolute atomic E-state index is 13.8. The predicted octanol–water partition coefficient (Wildman–Crippen LogP) is 5.17. The molecule has 1 fully saturated rings. The SMILES string of the molecule is COC[C@]1(C(=O)OC(C)(C)C)CC[C@H](Oc2ccc(NC(=O)c3nnc(Nc4cc(F)c(F)cc4F)o3)cn2)CC1.